The van der Waals surface area contributed by atoms with Gasteiger partial charge in [0.25, 0.3) is 0 Å². The van der Waals surface area contributed by atoms with E-state index >= 15 is 0 Å². The van der Waals surface area contributed by atoms with Gasteiger partial charge < -0.3 is 16.0 Å². The third kappa shape index (κ3) is 3.89. The highest BCUT2D eigenvalue weighted by Crippen LogP contribution is 2.34. The summed E-state index contributed by atoms with van der Waals surface area (Å²) in [5, 5.41) is 3.24. The number of rotatable bonds is 4. The van der Waals surface area contributed by atoms with Crippen LogP contribution in [0.2, 0.25) is 0 Å². The van der Waals surface area contributed by atoms with Crippen molar-refractivity contribution in [1.82, 2.24) is 10.2 Å². The van der Waals surface area contributed by atoms with Crippen molar-refractivity contribution in [3.05, 3.63) is 35.9 Å². The first-order valence-corrected chi connectivity index (χ1v) is 9.05. The molecule has 1 saturated carbocycles. The summed E-state index contributed by atoms with van der Waals surface area (Å²) in [6.07, 6.45) is 6.74. The number of carbonyl (C=O) groups is 2. The zero-order chi connectivity index (χ0) is 16.9. The number of primary amides is 1. The Bertz CT molecular complexity index is 569. The highest BCUT2D eigenvalue weighted by molar-refractivity contribution is 5.80. The minimum Gasteiger partial charge on any atom is -0.369 e. The van der Waals surface area contributed by atoms with Gasteiger partial charge in [-0.05, 0) is 30.7 Å². The SMILES string of the molecule is NC(=O)[C@@H]1CCN(C(=O)N[C@H](c2ccccc2)C2CCCCC2)C1. The topological polar surface area (TPSA) is 75.4 Å². The van der Waals surface area contributed by atoms with Crippen molar-refractivity contribution in [3.63, 3.8) is 0 Å². The number of nitrogens with two attached hydrogens (primary N) is 1. The van der Waals surface area contributed by atoms with Crippen molar-refractivity contribution in [3.8, 4) is 0 Å². The zero-order valence-electron chi connectivity index (χ0n) is 14.1. The molecule has 1 saturated heterocycles. The van der Waals surface area contributed by atoms with Crippen LogP contribution in [0.25, 0.3) is 0 Å². The number of hydrogen-bond acceptors (Lipinski definition) is 2. The van der Waals surface area contributed by atoms with Gasteiger partial charge in [-0.3, -0.25) is 4.79 Å². The molecular weight excluding hydrogens is 302 g/mol. The lowest BCUT2D eigenvalue weighted by Crippen LogP contribution is -2.43. The summed E-state index contributed by atoms with van der Waals surface area (Å²) in [5.41, 5.74) is 6.54. The van der Waals surface area contributed by atoms with E-state index < -0.39 is 0 Å². The molecule has 3 rings (SSSR count). The van der Waals surface area contributed by atoms with E-state index in [2.05, 4.69) is 17.4 Å². The Morgan fingerprint density at radius 1 is 1.08 bits per heavy atom. The maximum Gasteiger partial charge on any atom is 0.317 e. The number of hydrogen-bond donors (Lipinski definition) is 2. The molecule has 0 radical (unpaired) electrons. The number of urea groups is 1. The number of nitrogens with one attached hydrogen (secondary N) is 1. The average Bonchev–Trinajstić information content (AvgIpc) is 3.11. The van der Waals surface area contributed by atoms with Gasteiger partial charge >= 0.3 is 6.03 Å². The lowest BCUT2D eigenvalue weighted by Gasteiger charge is -2.32. The lowest BCUT2D eigenvalue weighted by atomic mass is 9.81. The van der Waals surface area contributed by atoms with E-state index in [-0.39, 0.29) is 23.9 Å². The van der Waals surface area contributed by atoms with E-state index in [1.807, 2.05) is 18.2 Å². The maximum absolute atomic E-state index is 12.7. The molecule has 130 valence electrons. The molecule has 2 aliphatic rings. The minimum absolute atomic E-state index is 0.0478. The van der Waals surface area contributed by atoms with Crippen molar-refractivity contribution in [1.29, 1.82) is 0 Å². The molecule has 5 nitrogen and oxygen atoms in total. The first kappa shape index (κ1) is 16.8. The third-order valence-electron chi connectivity index (χ3n) is 5.44. The summed E-state index contributed by atoms with van der Waals surface area (Å²) in [6.45, 7) is 1.04. The molecule has 2 atom stereocenters. The van der Waals surface area contributed by atoms with Crippen molar-refractivity contribution < 1.29 is 9.59 Å². The second kappa shape index (κ2) is 7.69. The van der Waals surface area contributed by atoms with Gasteiger partial charge in [0.05, 0.1) is 12.0 Å². The minimum atomic E-state index is -0.308. The quantitative estimate of drug-likeness (QED) is 0.891. The fourth-order valence-corrected chi connectivity index (χ4v) is 4.00. The second-order valence-electron chi connectivity index (χ2n) is 7.07. The fraction of sp³-hybridized carbons (Fsp3) is 0.579. The van der Waals surface area contributed by atoms with Crippen LogP contribution in [-0.4, -0.2) is 29.9 Å². The number of nitrogens with zero attached hydrogens (tertiary/aromatic N) is 1. The highest BCUT2D eigenvalue weighted by Gasteiger charge is 2.32. The molecule has 0 bridgehead atoms. The van der Waals surface area contributed by atoms with Crippen LogP contribution >= 0.6 is 0 Å². The van der Waals surface area contributed by atoms with E-state index in [1.54, 1.807) is 4.90 Å². The van der Waals surface area contributed by atoms with Gasteiger partial charge in [-0.15, -0.1) is 0 Å². The molecule has 1 heterocycles. The highest BCUT2D eigenvalue weighted by atomic mass is 16.2. The predicted octanol–water partition coefficient (Wildman–Crippen LogP) is 2.82. The Balaban J connectivity index is 1.69. The summed E-state index contributed by atoms with van der Waals surface area (Å²) in [4.78, 5) is 25.8. The first-order valence-electron chi connectivity index (χ1n) is 9.05. The summed E-state index contributed by atoms with van der Waals surface area (Å²) >= 11 is 0. The molecule has 24 heavy (non-hydrogen) atoms. The van der Waals surface area contributed by atoms with E-state index in [0.717, 1.165) is 12.8 Å². The van der Waals surface area contributed by atoms with Gasteiger partial charge in [-0.25, -0.2) is 4.79 Å². The number of benzene rings is 1. The monoisotopic (exact) mass is 329 g/mol. The summed E-state index contributed by atoms with van der Waals surface area (Å²) in [5.74, 6) is -0.0302. The molecule has 3 amide bonds. The molecule has 3 N–H and O–H groups in total. The Morgan fingerprint density at radius 3 is 2.42 bits per heavy atom. The Hall–Kier alpha value is -2.04. The molecule has 1 aromatic carbocycles. The molecule has 5 heteroatoms. The van der Waals surface area contributed by atoms with E-state index in [1.165, 1.54) is 24.8 Å². The van der Waals surface area contributed by atoms with Crippen LogP contribution in [0, 0.1) is 11.8 Å². The smallest absolute Gasteiger partial charge is 0.317 e. The first-order chi connectivity index (χ1) is 11.6. The zero-order valence-corrected chi connectivity index (χ0v) is 14.1. The molecule has 0 unspecified atom stereocenters. The molecule has 0 aromatic heterocycles. The summed E-state index contributed by atoms with van der Waals surface area (Å²) < 4.78 is 0. The van der Waals surface area contributed by atoms with Crippen LogP contribution in [0.4, 0.5) is 4.79 Å². The lowest BCUT2D eigenvalue weighted by molar-refractivity contribution is -0.121. The van der Waals surface area contributed by atoms with E-state index in [9.17, 15) is 9.59 Å². The van der Waals surface area contributed by atoms with Crippen LogP contribution in [0.5, 0.6) is 0 Å². The summed E-state index contributed by atoms with van der Waals surface area (Å²) in [6, 6.07) is 10.2. The van der Waals surface area contributed by atoms with Crippen molar-refractivity contribution >= 4 is 11.9 Å². The Kier molecular flexibility index (Phi) is 5.38. The molecule has 1 aromatic rings. The second-order valence-corrected chi connectivity index (χ2v) is 7.07. The van der Waals surface area contributed by atoms with Gasteiger partial charge in [0.1, 0.15) is 0 Å². The van der Waals surface area contributed by atoms with Crippen LogP contribution in [0.3, 0.4) is 0 Å². The molecule has 1 aliphatic heterocycles. The number of carbonyl (C=O) groups excluding carboxylic acids is 2. The van der Waals surface area contributed by atoms with Crippen LogP contribution in [-0.2, 0) is 4.79 Å². The third-order valence-corrected chi connectivity index (χ3v) is 5.44. The van der Waals surface area contributed by atoms with Crippen molar-refractivity contribution in [2.45, 2.75) is 44.6 Å². The Morgan fingerprint density at radius 2 is 1.79 bits per heavy atom. The van der Waals surface area contributed by atoms with E-state index in [4.69, 9.17) is 5.73 Å². The Labute approximate surface area is 143 Å². The number of likely N-dealkylation sites (tertiary alicyclic amines) is 1. The van der Waals surface area contributed by atoms with Crippen LogP contribution in [0.1, 0.15) is 50.1 Å². The fourth-order valence-electron chi connectivity index (χ4n) is 4.00. The summed E-state index contributed by atoms with van der Waals surface area (Å²) in [7, 11) is 0. The standard InChI is InChI=1S/C19H27N3O2/c20-18(23)16-11-12-22(13-16)19(24)21-17(14-7-3-1-4-8-14)15-9-5-2-6-10-15/h1,3-4,7-8,15-17H,2,5-6,9-13H2,(H2,20,23)(H,21,24)/t16-,17-/m1/s1. The van der Waals surface area contributed by atoms with Gasteiger partial charge in [0.2, 0.25) is 5.91 Å². The average molecular weight is 329 g/mol. The van der Waals surface area contributed by atoms with E-state index in [0.29, 0.717) is 25.4 Å². The molecule has 1 aliphatic carbocycles. The van der Waals surface area contributed by atoms with Gasteiger partial charge in [0, 0.05) is 13.1 Å². The van der Waals surface area contributed by atoms with Gasteiger partial charge in [-0.1, -0.05) is 49.6 Å². The van der Waals surface area contributed by atoms with Crippen molar-refractivity contribution in [2.24, 2.45) is 17.6 Å². The molecule has 2 fully saturated rings. The van der Waals surface area contributed by atoms with Crippen LogP contribution in [0.15, 0.2) is 30.3 Å². The normalized spacial score (nSPS) is 23.0. The van der Waals surface area contributed by atoms with Crippen LogP contribution < -0.4 is 11.1 Å². The maximum atomic E-state index is 12.7. The van der Waals surface area contributed by atoms with Gasteiger partial charge in [-0.2, -0.15) is 0 Å². The predicted molar refractivity (Wildman–Crippen MR) is 93.2 cm³/mol. The molecule has 0 spiro atoms. The van der Waals surface area contributed by atoms with Crippen molar-refractivity contribution in [2.75, 3.05) is 13.1 Å². The van der Waals surface area contributed by atoms with Gasteiger partial charge in [0.15, 0.2) is 0 Å². The largest absolute Gasteiger partial charge is 0.369 e. The number of amides is 3. The molecular formula is C19H27N3O2.